The van der Waals surface area contributed by atoms with Gasteiger partial charge in [0.1, 0.15) is 5.76 Å². The molecule has 1 aliphatic carbocycles. The second-order valence-electron chi connectivity index (χ2n) is 5.03. The van der Waals surface area contributed by atoms with E-state index in [9.17, 15) is 9.59 Å². The molecule has 0 spiro atoms. The van der Waals surface area contributed by atoms with E-state index in [1.807, 2.05) is 18.2 Å². The molecule has 0 saturated heterocycles. The maximum absolute atomic E-state index is 12.3. The Balaban J connectivity index is 1.87. The van der Waals surface area contributed by atoms with Crippen molar-refractivity contribution < 1.29 is 9.32 Å². The first-order valence-electron chi connectivity index (χ1n) is 6.46. The molecule has 0 N–H and O–H groups in total. The lowest BCUT2D eigenvalue weighted by atomic mass is 9.83. The Morgan fingerprint density at radius 2 is 2.05 bits per heavy atom. The number of aryl methyl sites for hydroxylation is 2. The second kappa shape index (κ2) is 4.53. The number of carbonyl (C=O) groups excluding carboxylic acids is 1. The number of rotatable bonds is 1. The summed E-state index contributed by atoms with van der Waals surface area (Å²) in [5.41, 5.74) is 2.12. The highest BCUT2D eigenvalue weighted by molar-refractivity contribution is 5.80. The predicted molar refractivity (Wildman–Crippen MR) is 70.3 cm³/mol. The molecule has 1 heterocycles. The minimum absolute atomic E-state index is 0.168. The standard InChI is InChI=1S/C15H15NO3/c1-10-8-14(17)16(19-10)15(18)13-7-6-11-4-2-3-5-12(11)9-13/h2-5,8,13H,6-7,9H2,1H3. The van der Waals surface area contributed by atoms with Crippen LogP contribution in [0.3, 0.4) is 0 Å². The van der Waals surface area contributed by atoms with Crippen LogP contribution in [0, 0.1) is 12.8 Å². The lowest BCUT2D eigenvalue weighted by Crippen LogP contribution is -2.32. The Hall–Kier alpha value is -2.10. The molecule has 4 nitrogen and oxygen atoms in total. The molecule has 98 valence electrons. The van der Waals surface area contributed by atoms with Crippen molar-refractivity contribution in [1.29, 1.82) is 0 Å². The first kappa shape index (κ1) is 12.0. The van der Waals surface area contributed by atoms with Crippen molar-refractivity contribution >= 4 is 5.91 Å². The van der Waals surface area contributed by atoms with E-state index in [-0.39, 0.29) is 17.4 Å². The monoisotopic (exact) mass is 257 g/mol. The van der Waals surface area contributed by atoms with Gasteiger partial charge in [0, 0.05) is 12.0 Å². The number of hydrogen-bond donors (Lipinski definition) is 0. The fourth-order valence-electron chi connectivity index (χ4n) is 2.68. The lowest BCUT2D eigenvalue weighted by Gasteiger charge is -2.22. The molecule has 0 bridgehead atoms. The molecule has 0 aliphatic heterocycles. The smallest absolute Gasteiger partial charge is 0.290 e. The zero-order valence-corrected chi connectivity index (χ0v) is 10.8. The highest BCUT2D eigenvalue weighted by Crippen LogP contribution is 2.26. The molecule has 0 radical (unpaired) electrons. The van der Waals surface area contributed by atoms with Crippen molar-refractivity contribution in [3.05, 3.63) is 57.6 Å². The highest BCUT2D eigenvalue weighted by atomic mass is 16.5. The molecule has 0 saturated carbocycles. The molecule has 4 heteroatoms. The van der Waals surface area contributed by atoms with Gasteiger partial charge >= 0.3 is 0 Å². The summed E-state index contributed by atoms with van der Waals surface area (Å²) in [5.74, 6) is 0.0697. The molecular weight excluding hydrogens is 242 g/mol. The molecule has 0 fully saturated rings. The maximum atomic E-state index is 12.3. The minimum atomic E-state index is -0.374. The van der Waals surface area contributed by atoms with Gasteiger partial charge in [-0.1, -0.05) is 24.3 Å². The molecule has 1 aliphatic rings. The van der Waals surface area contributed by atoms with Gasteiger partial charge in [0.2, 0.25) is 0 Å². The summed E-state index contributed by atoms with van der Waals surface area (Å²) in [6.07, 6.45) is 2.32. The van der Waals surface area contributed by atoms with Crippen molar-refractivity contribution in [2.24, 2.45) is 5.92 Å². The van der Waals surface area contributed by atoms with Crippen molar-refractivity contribution in [3.63, 3.8) is 0 Å². The molecule has 3 rings (SSSR count). The second-order valence-corrected chi connectivity index (χ2v) is 5.03. The Morgan fingerprint density at radius 1 is 1.32 bits per heavy atom. The van der Waals surface area contributed by atoms with E-state index in [2.05, 4.69) is 6.07 Å². The fourth-order valence-corrected chi connectivity index (χ4v) is 2.68. The number of carbonyl (C=O) groups is 1. The average Bonchev–Trinajstić information content (AvgIpc) is 2.76. The van der Waals surface area contributed by atoms with Gasteiger partial charge in [0.25, 0.3) is 11.5 Å². The van der Waals surface area contributed by atoms with Crippen LogP contribution in [-0.2, 0) is 12.8 Å². The molecule has 19 heavy (non-hydrogen) atoms. The van der Waals surface area contributed by atoms with Crippen molar-refractivity contribution in [2.45, 2.75) is 26.2 Å². The third-order valence-electron chi connectivity index (χ3n) is 3.66. The van der Waals surface area contributed by atoms with Gasteiger partial charge < -0.3 is 4.52 Å². The molecule has 1 atom stereocenters. The molecule has 0 amide bonds. The number of fused-ring (bicyclic) bond motifs is 1. The number of nitrogens with zero attached hydrogens (tertiary/aromatic N) is 1. The molecule has 1 unspecified atom stereocenters. The normalized spacial score (nSPS) is 18.1. The van der Waals surface area contributed by atoms with Crippen LogP contribution in [0.15, 0.2) is 39.6 Å². The van der Waals surface area contributed by atoms with E-state index < -0.39 is 0 Å². The maximum Gasteiger partial charge on any atom is 0.290 e. The SMILES string of the molecule is Cc1cc(=O)n(C(=O)C2CCc3ccccc3C2)o1. The third kappa shape index (κ3) is 2.14. The van der Waals surface area contributed by atoms with Crippen LogP contribution in [-0.4, -0.2) is 10.6 Å². The Labute approximate surface area is 110 Å². The van der Waals surface area contributed by atoms with Gasteiger partial charge in [0.05, 0.1) is 0 Å². The summed E-state index contributed by atoms with van der Waals surface area (Å²) >= 11 is 0. The predicted octanol–water partition coefficient (Wildman–Crippen LogP) is 2.20. The molecule has 2 aromatic rings. The van der Waals surface area contributed by atoms with E-state index in [1.165, 1.54) is 17.2 Å². The topological polar surface area (TPSA) is 52.2 Å². The van der Waals surface area contributed by atoms with E-state index in [1.54, 1.807) is 6.92 Å². The van der Waals surface area contributed by atoms with Crippen LogP contribution in [0.5, 0.6) is 0 Å². The third-order valence-corrected chi connectivity index (χ3v) is 3.66. The summed E-state index contributed by atoms with van der Waals surface area (Å²) in [6.45, 7) is 1.67. The summed E-state index contributed by atoms with van der Waals surface area (Å²) < 4.78 is 6.07. The molecule has 1 aromatic heterocycles. The fraction of sp³-hybridized carbons (Fsp3) is 0.333. The van der Waals surface area contributed by atoms with Crippen LogP contribution in [0.2, 0.25) is 0 Å². The summed E-state index contributed by atoms with van der Waals surface area (Å²) in [6, 6.07) is 9.48. The van der Waals surface area contributed by atoms with Crippen LogP contribution < -0.4 is 5.56 Å². The Bertz CT molecular complexity index is 681. The van der Waals surface area contributed by atoms with Crippen LogP contribution in [0.25, 0.3) is 0 Å². The zero-order valence-electron chi connectivity index (χ0n) is 10.8. The van der Waals surface area contributed by atoms with Crippen LogP contribution >= 0.6 is 0 Å². The Morgan fingerprint density at radius 3 is 2.74 bits per heavy atom. The van der Waals surface area contributed by atoms with E-state index in [4.69, 9.17) is 4.52 Å². The number of aromatic nitrogens is 1. The average molecular weight is 257 g/mol. The van der Waals surface area contributed by atoms with Gasteiger partial charge in [-0.3, -0.25) is 9.59 Å². The quantitative estimate of drug-likeness (QED) is 0.787. The van der Waals surface area contributed by atoms with E-state index >= 15 is 0 Å². The lowest BCUT2D eigenvalue weighted by molar-refractivity contribution is 0.0683. The number of benzene rings is 1. The van der Waals surface area contributed by atoms with E-state index in [0.29, 0.717) is 12.2 Å². The molecule has 1 aromatic carbocycles. The summed E-state index contributed by atoms with van der Waals surface area (Å²) in [5, 5.41) is 0. The minimum Gasteiger partial charge on any atom is -0.373 e. The van der Waals surface area contributed by atoms with Gasteiger partial charge in [0.15, 0.2) is 0 Å². The van der Waals surface area contributed by atoms with Crippen molar-refractivity contribution in [2.75, 3.05) is 0 Å². The van der Waals surface area contributed by atoms with Crippen LogP contribution in [0.4, 0.5) is 0 Å². The van der Waals surface area contributed by atoms with Gasteiger partial charge in [-0.2, -0.15) is 0 Å². The van der Waals surface area contributed by atoms with Crippen molar-refractivity contribution in [1.82, 2.24) is 4.74 Å². The first-order valence-corrected chi connectivity index (χ1v) is 6.46. The van der Waals surface area contributed by atoms with Gasteiger partial charge in [-0.15, -0.1) is 4.74 Å². The summed E-state index contributed by atoms with van der Waals surface area (Å²) in [7, 11) is 0. The van der Waals surface area contributed by atoms with Crippen molar-refractivity contribution in [3.8, 4) is 0 Å². The van der Waals surface area contributed by atoms with E-state index in [0.717, 1.165) is 17.6 Å². The first-order chi connectivity index (χ1) is 9.15. The molecular formula is C15H15NO3. The van der Waals surface area contributed by atoms with Crippen LogP contribution in [0.1, 0.15) is 28.1 Å². The van der Waals surface area contributed by atoms with Gasteiger partial charge in [-0.05, 0) is 37.3 Å². The largest absolute Gasteiger partial charge is 0.373 e. The zero-order chi connectivity index (χ0) is 13.4. The highest BCUT2D eigenvalue weighted by Gasteiger charge is 2.27. The summed E-state index contributed by atoms with van der Waals surface area (Å²) in [4.78, 5) is 23.9. The van der Waals surface area contributed by atoms with Gasteiger partial charge in [-0.25, -0.2) is 0 Å². The number of hydrogen-bond acceptors (Lipinski definition) is 3. The Kier molecular flexibility index (Phi) is 2.85.